The topological polar surface area (TPSA) is 30.5 Å². The van der Waals surface area contributed by atoms with Crippen molar-refractivity contribution in [3.05, 3.63) is 29.3 Å². The minimum atomic E-state index is 0.502. The van der Waals surface area contributed by atoms with Gasteiger partial charge in [-0.1, -0.05) is 19.9 Å². The molecule has 3 heteroatoms. The third-order valence-electron chi connectivity index (χ3n) is 4.11. The van der Waals surface area contributed by atoms with Crippen LogP contribution in [0.5, 0.6) is 5.75 Å². The quantitative estimate of drug-likeness (QED) is 0.740. The zero-order valence-electron chi connectivity index (χ0n) is 13.7. The number of ether oxygens (including phenoxy) is 2. The second kappa shape index (κ2) is 8.40. The lowest BCUT2D eigenvalue weighted by Gasteiger charge is -2.25. The van der Waals surface area contributed by atoms with Crippen LogP contribution in [0.4, 0.5) is 0 Å². The van der Waals surface area contributed by atoms with E-state index in [1.54, 1.807) is 0 Å². The smallest absolute Gasteiger partial charge is 0.119 e. The summed E-state index contributed by atoms with van der Waals surface area (Å²) in [5.41, 5.74) is 2.86. The van der Waals surface area contributed by atoms with E-state index in [-0.39, 0.29) is 0 Å². The Morgan fingerprint density at radius 1 is 1.24 bits per heavy atom. The molecule has 1 N–H and O–H groups in total. The van der Waals surface area contributed by atoms with E-state index in [9.17, 15) is 0 Å². The van der Waals surface area contributed by atoms with Crippen LogP contribution in [0.3, 0.4) is 0 Å². The van der Waals surface area contributed by atoms with Gasteiger partial charge in [0.1, 0.15) is 12.4 Å². The summed E-state index contributed by atoms with van der Waals surface area (Å²) in [6.07, 6.45) is 4.76. The van der Waals surface area contributed by atoms with Crippen molar-refractivity contribution >= 4 is 0 Å². The molecule has 1 aromatic carbocycles. The maximum atomic E-state index is 5.80. The van der Waals surface area contributed by atoms with Crippen molar-refractivity contribution in [1.29, 1.82) is 0 Å². The molecule has 0 bridgehead atoms. The molecule has 1 aliphatic rings. The summed E-state index contributed by atoms with van der Waals surface area (Å²) in [7, 11) is 2.04. The van der Waals surface area contributed by atoms with Gasteiger partial charge >= 0.3 is 0 Å². The van der Waals surface area contributed by atoms with Crippen molar-refractivity contribution in [3.63, 3.8) is 0 Å². The van der Waals surface area contributed by atoms with E-state index < -0.39 is 0 Å². The molecule has 0 saturated carbocycles. The van der Waals surface area contributed by atoms with Crippen LogP contribution in [0.15, 0.2) is 18.2 Å². The molecule has 0 spiro atoms. The van der Waals surface area contributed by atoms with E-state index in [0.29, 0.717) is 25.2 Å². The molecule has 2 rings (SSSR count). The highest BCUT2D eigenvalue weighted by Gasteiger charge is 2.18. The van der Waals surface area contributed by atoms with Crippen LogP contribution in [-0.2, 0) is 11.2 Å². The van der Waals surface area contributed by atoms with Crippen LogP contribution in [-0.4, -0.2) is 26.9 Å². The average molecular weight is 291 g/mol. The van der Waals surface area contributed by atoms with E-state index in [1.807, 2.05) is 7.05 Å². The zero-order chi connectivity index (χ0) is 15.1. The number of rotatable bonds is 8. The number of fused-ring (bicyclic) bond motifs is 1. The minimum Gasteiger partial charge on any atom is -0.491 e. The Morgan fingerprint density at radius 3 is 2.86 bits per heavy atom. The summed E-state index contributed by atoms with van der Waals surface area (Å²) >= 11 is 0. The van der Waals surface area contributed by atoms with Gasteiger partial charge in [-0.2, -0.15) is 0 Å². The second-order valence-electron chi connectivity index (χ2n) is 6.24. The van der Waals surface area contributed by atoms with Crippen LogP contribution in [0.1, 0.15) is 50.3 Å². The molecule has 21 heavy (non-hydrogen) atoms. The SMILES string of the molecule is CNC1CCCc2cc(OCCOCCC(C)C)ccc21. The van der Waals surface area contributed by atoms with E-state index >= 15 is 0 Å². The number of aryl methyl sites for hydroxylation is 1. The molecule has 1 aliphatic carbocycles. The van der Waals surface area contributed by atoms with Gasteiger partial charge in [-0.3, -0.25) is 0 Å². The lowest BCUT2D eigenvalue weighted by atomic mass is 9.87. The van der Waals surface area contributed by atoms with Gasteiger partial charge in [0.2, 0.25) is 0 Å². The summed E-state index contributed by atoms with van der Waals surface area (Å²) in [4.78, 5) is 0. The summed E-state index contributed by atoms with van der Waals surface area (Å²) < 4.78 is 11.4. The number of benzene rings is 1. The molecule has 0 amide bonds. The predicted molar refractivity (Wildman–Crippen MR) is 86.9 cm³/mol. The summed E-state index contributed by atoms with van der Waals surface area (Å²) in [6.45, 7) is 6.56. The first kappa shape index (κ1) is 16.3. The molecule has 0 fully saturated rings. The van der Waals surface area contributed by atoms with E-state index in [1.165, 1.54) is 24.0 Å². The Bertz CT molecular complexity index is 431. The van der Waals surface area contributed by atoms with Crippen molar-refractivity contribution in [2.24, 2.45) is 5.92 Å². The maximum Gasteiger partial charge on any atom is 0.119 e. The first-order valence-electron chi connectivity index (χ1n) is 8.21. The monoisotopic (exact) mass is 291 g/mol. The summed E-state index contributed by atoms with van der Waals surface area (Å²) in [5.74, 6) is 1.67. The van der Waals surface area contributed by atoms with Crippen LogP contribution < -0.4 is 10.1 Å². The van der Waals surface area contributed by atoms with Crippen LogP contribution in [0.2, 0.25) is 0 Å². The van der Waals surface area contributed by atoms with E-state index in [2.05, 4.69) is 37.4 Å². The molecule has 0 heterocycles. The Labute approximate surface area is 129 Å². The Hall–Kier alpha value is -1.06. The predicted octanol–water partition coefficient (Wildman–Crippen LogP) is 3.72. The van der Waals surface area contributed by atoms with Gasteiger partial charge in [-0.05, 0) is 61.9 Å². The summed E-state index contributed by atoms with van der Waals surface area (Å²) in [6, 6.07) is 7.00. The largest absolute Gasteiger partial charge is 0.491 e. The Kier molecular flexibility index (Phi) is 6.52. The summed E-state index contributed by atoms with van der Waals surface area (Å²) in [5, 5.41) is 3.39. The molecule has 0 aliphatic heterocycles. The lowest BCUT2D eigenvalue weighted by molar-refractivity contribution is 0.0925. The minimum absolute atomic E-state index is 0.502. The fraction of sp³-hybridized carbons (Fsp3) is 0.667. The Balaban J connectivity index is 1.77. The number of hydrogen-bond donors (Lipinski definition) is 1. The molecule has 1 atom stereocenters. The first-order chi connectivity index (χ1) is 10.2. The lowest BCUT2D eigenvalue weighted by Crippen LogP contribution is -2.21. The van der Waals surface area contributed by atoms with Gasteiger partial charge in [-0.15, -0.1) is 0 Å². The second-order valence-corrected chi connectivity index (χ2v) is 6.24. The third kappa shape index (κ3) is 5.01. The maximum absolute atomic E-state index is 5.80. The Morgan fingerprint density at radius 2 is 2.10 bits per heavy atom. The third-order valence-corrected chi connectivity index (χ3v) is 4.11. The molecule has 1 unspecified atom stereocenters. The van der Waals surface area contributed by atoms with Gasteiger partial charge in [0.05, 0.1) is 6.61 Å². The number of hydrogen-bond acceptors (Lipinski definition) is 3. The van der Waals surface area contributed by atoms with Crippen molar-refractivity contribution in [2.45, 2.75) is 45.6 Å². The first-order valence-corrected chi connectivity index (χ1v) is 8.21. The molecule has 0 aromatic heterocycles. The molecular weight excluding hydrogens is 262 g/mol. The highest BCUT2D eigenvalue weighted by Crippen LogP contribution is 2.31. The van der Waals surface area contributed by atoms with Gasteiger partial charge < -0.3 is 14.8 Å². The van der Waals surface area contributed by atoms with Crippen LogP contribution >= 0.6 is 0 Å². The molecule has 3 nitrogen and oxygen atoms in total. The molecule has 1 aromatic rings. The van der Waals surface area contributed by atoms with E-state index in [4.69, 9.17) is 9.47 Å². The van der Waals surface area contributed by atoms with Gasteiger partial charge in [0.25, 0.3) is 0 Å². The van der Waals surface area contributed by atoms with Gasteiger partial charge in [0, 0.05) is 12.6 Å². The van der Waals surface area contributed by atoms with Crippen molar-refractivity contribution in [1.82, 2.24) is 5.32 Å². The molecule has 118 valence electrons. The van der Waals surface area contributed by atoms with Crippen LogP contribution in [0, 0.1) is 5.92 Å². The van der Waals surface area contributed by atoms with Crippen LogP contribution in [0.25, 0.3) is 0 Å². The standard InChI is InChI=1S/C18H29NO2/c1-14(2)9-10-20-11-12-21-16-7-8-17-15(13-16)5-4-6-18(17)19-3/h7-8,13-14,18-19H,4-6,9-12H2,1-3H3. The fourth-order valence-corrected chi connectivity index (χ4v) is 2.82. The van der Waals surface area contributed by atoms with Crippen molar-refractivity contribution < 1.29 is 9.47 Å². The normalized spacial score (nSPS) is 17.8. The highest BCUT2D eigenvalue weighted by atomic mass is 16.5. The number of nitrogens with one attached hydrogen (secondary N) is 1. The van der Waals surface area contributed by atoms with Gasteiger partial charge in [-0.25, -0.2) is 0 Å². The average Bonchev–Trinajstić information content (AvgIpc) is 2.49. The molecule has 0 saturated heterocycles. The van der Waals surface area contributed by atoms with Crippen molar-refractivity contribution in [3.8, 4) is 5.75 Å². The zero-order valence-corrected chi connectivity index (χ0v) is 13.7. The molecular formula is C18H29NO2. The van der Waals surface area contributed by atoms with Crippen molar-refractivity contribution in [2.75, 3.05) is 26.9 Å². The van der Waals surface area contributed by atoms with Gasteiger partial charge in [0.15, 0.2) is 0 Å². The van der Waals surface area contributed by atoms with E-state index in [0.717, 1.165) is 25.2 Å². The molecule has 0 radical (unpaired) electrons. The fourth-order valence-electron chi connectivity index (χ4n) is 2.82. The highest BCUT2D eigenvalue weighted by molar-refractivity contribution is 5.39.